The smallest absolute Gasteiger partial charge is 0.453 e. The van der Waals surface area contributed by atoms with E-state index >= 15 is 0 Å². The van der Waals surface area contributed by atoms with E-state index in [9.17, 15) is 17.6 Å². The Morgan fingerprint density at radius 1 is 1.03 bits per heavy atom. The lowest BCUT2D eigenvalue weighted by Crippen LogP contribution is -2.17. The molecule has 0 unspecified atom stereocenters. The molecular weight excluding hydrogens is 442 g/mol. The fourth-order valence-electron chi connectivity index (χ4n) is 3.26. The van der Waals surface area contributed by atoms with Crippen LogP contribution < -0.4 is 4.74 Å². The average Bonchev–Trinajstić information content (AvgIpc) is 3.35. The van der Waals surface area contributed by atoms with E-state index in [0.29, 0.717) is 11.2 Å². The number of aryl methyl sites for hydroxylation is 1. The van der Waals surface area contributed by atoms with Crippen molar-refractivity contribution in [3.63, 3.8) is 0 Å². The van der Waals surface area contributed by atoms with Gasteiger partial charge in [0.15, 0.2) is 17.3 Å². The van der Waals surface area contributed by atoms with Crippen molar-refractivity contribution in [3.05, 3.63) is 53.4 Å². The standard InChI is InChI=1S/C21H21F4N7O/c1-5-31-16(26-19(30-31)21(23,24)25)11-33-18-13(20(2,3)4)10-15-27-28-17(32(15)29-18)12-8-6-7-9-14(12)22/h6-10H,5,11H2,1-4H3. The van der Waals surface area contributed by atoms with Gasteiger partial charge in [-0.25, -0.2) is 14.1 Å². The number of aromatic nitrogens is 7. The van der Waals surface area contributed by atoms with Gasteiger partial charge in [-0.15, -0.1) is 20.4 Å². The lowest BCUT2D eigenvalue weighted by Gasteiger charge is -2.21. The first-order valence-electron chi connectivity index (χ1n) is 10.1. The van der Waals surface area contributed by atoms with E-state index in [-0.39, 0.29) is 36.2 Å². The summed E-state index contributed by atoms with van der Waals surface area (Å²) in [6, 6.07) is 7.78. The predicted octanol–water partition coefficient (Wildman–Crippen LogP) is 4.44. The minimum Gasteiger partial charge on any atom is -0.468 e. The summed E-state index contributed by atoms with van der Waals surface area (Å²) < 4.78 is 61.8. The number of nitrogens with zero attached hydrogens (tertiary/aromatic N) is 7. The highest BCUT2D eigenvalue weighted by molar-refractivity contribution is 5.60. The monoisotopic (exact) mass is 463 g/mol. The molecule has 1 aromatic carbocycles. The lowest BCUT2D eigenvalue weighted by atomic mass is 9.88. The summed E-state index contributed by atoms with van der Waals surface area (Å²) in [4.78, 5) is 3.58. The van der Waals surface area contributed by atoms with Crippen molar-refractivity contribution in [1.29, 1.82) is 0 Å². The molecule has 0 saturated heterocycles. The molecule has 0 atom stereocenters. The molecule has 4 rings (SSSR count). The predicted molar refractivity (Wildman–Crippen MR) is 110 cm³/mol. The van der Waals surface area contributed by atoms with E-state index in [2.05, 4.69) is 25.4 Å². The van der Waals surface area contributed by atoms with Crippen molar-refractivity contribution >= 4 is 5.65 Å². The highest BCUT2D eigenvalue weighted by Gasteiger charge is 2.37. The fourth-order valence-corrected chi connectivity index (χ4v) is 3.26. The number of hydrogen-bond acceptors (Lipinski definition) is 6. The molecule has 33 heavy (non-hydrogen) atoms. The van der Waals surface area contributed by atoms with Crippen LogP contribution in [0.25, 0.3) is 17.0 Å². The van der Waals surface area contributed by atoms with Gasteiger partial charge in [0.25, 0.3) is 5.82 Å². The molecule has 0 amide bonds. The van der Waals surface area contributed by atoms with Crippen LogP contribution in [0.3, 0.4) is 0 Å². The van der Waals surface area contributed by atoms with Crippen molar-refractivity contribution in [2.24, 2.45) is 0 Å². The molecule has 0 radical (unpaired) electrons. The van der Waals surface area contributed by atoms with Gasteiger partial charge in [0.1, 0.15) is 12.4 Å². The van der Waals surface area contributed by atoms with E-state index in [1.165, 1.54) is 10.6 Å². The topological polar surface area (TPSA) is 83.0 Å². The van der Waals surface area contributed by atoms with Crippen LogP contribution in [0.1, 0.15) is 44.9 Å². The first-order chi connectivity index (χ1) is 15.5. The normalized spacial score (nSPS) is 12.5. The molecule has 0 bridgehead atoms. The van der Waals surface area contributed by atoms with Gasteiger partial charge in [-0.1, -0.05) is 32.9 Å². The molecule has 0 N–H and O–H groups in total. The second kappa shape index (κ2) is 8.09. The van der Waals surface area contributed by atoms with Gasteiger partial charge in [0.05, 0.1) is 5.56 Å². The van der Waals surface area contributed by atoms with Crippen LogP contribution in [-0.2, 0) is 24.7 Å². The summed E-state index contributed by atoms with van der Waals surface area (Å²) in [5, 5.41) is 16.1. The molecule has 0 saturated carbocycles. The molecule has 3 heterocycles. The van der Waals surface area contributed by atoms with Crippen LogP contribution in [0, 0.1) is 5.82 Å². The zero-order valence-electron chi connectivity index (χ0n) is 18.4. The lowest BCUT2D eigenvalue weighted by molar-refractivity contribution is -0.145. The van der Waals surface area contributed by atoms with Gasteiger partial charge in [-0.3, -0.25) is 0 Å². The third-order valence-corrected chi connectivity index (χ3v) is 4.92. The highest BCUT2D eigenvalue weighted by Crippen LogP contribution is 2.33. The van der Waals surface area contributed by atoms with Crippen molar-refractivity contribution in [2.75, 3.05) is 0 Å². The number of benzene rings is 1. The molecule has 8 nitrogen and oxygen atoms in total. The Morgan fingerprint density at radius 3 is 2.39 bits per heavy atom. The number of fused-ring (bicyclic) bond motifs is 1. The number of alkyl halides is 3. The van der Waals surface area contributed by atoms with Crippen molar-refractivity contribution in [1.82, 2.24) is 34.6 Å². The summed E-state index contributed by atoms with van der Waals surface area (Å²) >= 11 is 0. The molecule has 12 heteroatoms. The van der Waals surface area contributed by atoms with Crippen molar-refractivity contribution < 1.29 is 22.3 Å². The summed E-state index contributed by atoms with van der Waals surface area (Å²) in [6.07, 6.45) is -4.67. The summed E-state index contributed by atoms with van der Waals surface area (Å²) in [5.74, 6) is -1.41. The van der Waals surface area contributed by atoms with Crippen LogP contribution in [0.4, 0.5) is 17.6 Å². The maximum atomic E-state index is 14.4. The molecule has 0 spiro atoms. The third kappa shape index (κ3) is 4.37. The van der Waals surface area contributed by atoms with Gasteiger partial charge >= 0.3 is 6.18 Å². The summed E-state index contributed by atoms with van der Waals surface area (Å²) in [6.45, 7) is 7.33. The number of ether oxygens (including phenoxy) is 1. The van der Waals surface area contributed by atoms with Crippen LogP contribution in [-0.4, -0.2) is 34.6 Å². The number of hydrogen-bond donors (Lipinski definition) is 0. The number of rotatable bonds is 5. The number of halogens is 4. The average molecular weight is 463 g/mol. The molecule has 4 aromatic rings. The van der Waals surface area contributed by atoms with Crippen LogP contribution in [0.15, 0.2) is 30.3 Å². The quantitative estimate of drug-likeness (QED) is 0.407. The first kappa shape index (κ1) is 22.6. The second-order valence-electron chi connectivity index (χ2n) is 8.34. The third-order valence-electron chi connectivity index (χ3n) is 4.92. The molecule has 0 aliphatic carbocycles. The maximum absolute atomic E-state index is 14.4. The van der Waals surface area contributed by atoms with E-state index < -0.39 is 23.2 Å². The molecule has 0 aliphatic heterocycles. The van der Waals surface area contributed by atoms with Crippen LogP contribution in [0.2, 0.25) is 0 Å². The zero-order chi connectivity index (χ0) is 24.0. The Labute approximate surface area is 186 Å². The molecule has 174 valence electrons. The van der Waals surface area contributed by atoms with E-state index in [1.807, 2.05) is 20.8 Å². The van der Waals surface area contributed by atoms with E-state index in [1.54, 1.807) is 31.2 Å². The largest absolute Gasteiger partial charge is 0.468 e. The Balaban J connectivity index is 1.77. The molecule has 0 aliphatic rings. The van der Waals surface area contributed by atoms with Gasteiger partial charge in [0, 0.05) is 12.1 Å². The van der Waals surface area contributed by atoms with Crippen molar-refractivity contribution in [2.45, 2.75) is 52.4 Å². The molecular formula is C21H21F4N7O. The SMILES string of the molecule is CCn1nc(C(F)(F)F)nc1COc1nn2c(-c3ccccc3F)nnc2cc1C(C)(C)C. The fraction of sp³-hybridized carbons (Fsp3) is 0.381. The summed E-state index contributed by atoms with van der Waals surface area (Å²) in [7, 11) is 0. The second-order valence-corrected chi connectivity index (χ2v) is 8.34. The Morgan fingerprint density at radius 2 is 1.76 bits per heavy atom. The Kier molecular flexibility index (Phi) is 5.54. The molecule has 3 aromatic heterocycles. The minimum absolute atomic E-state index is 0.00432. The summed E-state index contributed by atoms with van der Waals surface area (Å²) in [5.41, 5.74) is 0.791. The van der Waals surface area contributed by atoms with E-state index in [0.717, 1.165) is 4.68 Å². The Hall–Kier alpha value is -3.57. The maximum Gasteiger partial charge on any atom is 0.453 e. The van der Waals surface area contributed by atoms with Gasteiger partial charge in [-0.2, -0.15) is 17.7 Å². The highest BCUT2D eigenvalue weighted by atomic mass is 19.4. The van der Waals surface area contributed by atoms with E-state index in [4.69, 9.17) is 4.74 Å². The minimum atomic E-state index is -4.67. The van der Waals surface area contributed by atoms with Gasteiger partial charge in [0.2, 0.25) is 5.88 Å². The Bertz CT molecular complexity index is 1300. The van der Waals surface area contributed by atoms with Crippen molar-refractivity contribution in [3.8, 4) is 17.3 Å². The van der Waals surface area contributed by atoms with Crippen LogP contribution in [0.5, 0.6) is 5.88 Å². The first-order valence-corrected chi connectivity index (χ1v) is 10.1. The van der Waals surface area contributed by atoms with Crippen LogP contribution >= 0.6 is 0 Å². The zero-order valence-corrected chi connectivity index (χ0v) is 18.4. The van der Waals surface area contributed by atoms with Gasteiger partial charge < -0.3 is 4.74 Å². The molecule has 0 fully saturated rings. The van der Waals surface area contributed by atoms with Gasteiger partial charge in [-0.05, 0) is 30.5 Å².